The Hall–Kier alpha value is -2.59. The Morgan fingerprint density at radius 3 is 2.26 bits per heavy atom. The first-order valence-corrected chi connectivity index (χ1v) is 12.3. The summed E-state index contributed by atoms with van der Waals surface area (Å²) in [6.07, 6.45) is 3.17. The molecule has 34 heavy (non-hydrogen) atoms. The van der Waals surface area contributed by atoms with Crippen LogP contribution in [0.2, 0.25) is 0 Å². The van der Waals surface area contributed by atoms with Crippen LogP contribution in [0, 0.1) is 16.7 Å². The molecule has 2 aromatic heterocycles. The molecule has 0 unspecified atom stereocenters. The van der Waals surface area contributed by atoms with Crippen LogP contribution in [0.3, 0.4) is 0 Å². The number of carbonyl (C=O) groups excluding carboxylic acids is 1. The summed E-state index contributed by atoms with van der Waals surface area (Å²) in [6, 6.07) is 2.40. The summed E-state index contributed by atoms with van der Waals surface area (Å²) in [5.41, 5.74) is 1.99. The molecule has 2 aromatic rings. The van der Waals surface area contributed by atoms with Gasteiger partial charge in [0.1, 0.15) is 0 Å². The fourth-order valence-electron chi connectivity index (χ4n) is 6.95. The molecule has 8 nitrogen and oxygen atoms in total. The molecule has 2 saturated heterocycles. The van der Waals surface area contributed by atoms with Crippen molar-refractivity contribution in [1.29, 1.82) is 0 Å². The van der Waals surface area contributed by atoms with Gasteiger partial charge in [-0.1, -0.05) is 5.21 Å². The van der Waals surface area contributed by atoms with E-state index in [4.69, 9.17) is 0 Å². The van der Waals surface area contributed by atoms with E-state index in [9.17, 15) is 18.0 Å². The van der Waals surface area contributed by atoms with Gasteiger partial charge in [0, 0.05) is 61.1 Å². The number of carbonyl (C=O) groups is 1. The van der Waals surface area contributed by atoms with Crippen LogP contribution in [0.1, 0.15) is 67.4 Å². The quantitative estimate of drug-likeness (QED) is 0.733. The first kappa shape index (κ1) is 20.8. The fourth-order valence-corrected chi connectivity index (χ4v) is 6.95. The number of hydrogen-bond acceptors (Lipinski definition) is 4. The Morgan fingerprint density at radius 2 is 1.68 bits per heavy atom. The molecule has 0 atom stereocenters. The Kier molecular flexibility index (Phi) is 4.12. The van der Waals surface area contributed by atoms with Crippen molar-refractivity contribution >= 4 is 6.03 Å². The topological polar surface area (TPSA) is 82.9 Å². The number of aromatic amines is 1. The van der Waals surface area contributed by atoms with Gasteiger partial charge >= 0.3 is 12.2 Å². The average Bonchev–Trinajstić information content (AvgIpc) is 3.19. The van der Waals surface area contributed by atoms with Crippen LogP contribution >= 0.6 is 0 Å². The van der Waals surface area contributed by atoms with E-state index in [0.717, 1.165) is 58.1 Å². The Bertz CT molecular complexity index is 1110. The fraction of sp³-hybridized carbons (Fsp3) is 0.739. The largest absolute Gasteiger partial charge is 0.436 e. The molecular formula is C23H28F3N7O. The molecule has 182 valence electrons. The molecule has 0 aromatic carbocycles. The van der Waals surface area contributed by atoms with Crippen molar-refractivity contribution < 1.29 is 18.0 Å². The minimum Gasteiger partial charge on any atom is -0.323 e. The van der Waals surface area contributed by atoms with E-state index in [1.807, 2.05) is 9.80 Å². The highest BCUT2D eigenvalue weighted by Crippen LogP contribution is 2.57. The van der Waals surface area contributed by atoms with Crippen molar-refractivity contribution in [3.63, 3.8) is 0 Å². The number of hydrogen-bond donors (Lipinski definition) is 1. The van der Waals surface area contributed by atoms with Crippen molar-refractivity contribution in [2.45, 2.75) is 63.1 Å². The third-order valence-electron chi connectivity index (χ3n) is 8.78. The molecule has 5 aliphatic rings. The standard InChI is InChI=1S/C23H28F3N7O/c24-23(25,26)19-9-33(30-29-19)8-14-4-21(5-14)10-31(11-21)20(34)32-12-22(13-32)6-16(7-22)18-3-17(27-28-18)15-1-2-15/h3,9,14-16H,1-2,4-8,10-13H2,(H,27,28). The lowest BCUT2D eigenvalue weighted by Crippen LogP contribution is -2.71. The molecule has 3 saturated carbocycles. The normalized spacial score (nSPS) is 25.7. The summed E-state index contributed by atoms with van der Waals surface area (Å²) in [6.45, 7) is 3.68. The number of urea groups is 1. The summed E-state index contributed by atoms with van der Waals surface area (Å²) in [5, 5.41) is 14.5. The predicted octanol–water partition coefficient (Wildman–Crippen LogP) is 3.61. The van der Waals surface area contributed by atoms with Crippen molar-refractivity contribution in [1.82, 2.24) is 35.0 Å². The van der Waals surface area contributed by atoms with Crippen LogP contribution < -0.4 is 0 Å². The van der Waals surface area contributed by atoms with Crippen LogP contribution in [0.5, 0.6) is 0 Å². The van der Waals surface area contributed by atoms with Crippen LogP contribution in [-0.4, -0.2) is 67.2 Å². The molecule has 4 heterocycles. The molecule has 2 aliphatic heterocycles. The summed E-state index contributed by atoms with van der Waals surface area (Å²) >= 11 is 0. The van der Waals surface area contributed by atoms with Crippen molar-refractivity contribution in [3.05, 3.63) is 29.3 Å². The number of amides is 2. The van der Waals surface area contributed by atoms with E-state index < -0.39 is 11.9 Å². The second kappa shape index (κ2) is 6.75. The monoisotopic (exact) mass is 475 g/mol. The molecule has 11 heteroatoms. The van der Waals surface area contributed by atoms with Crippen molar-refractivity contribution in [2.24, 2.45) is 16.7 Å². The number of H-pyrrole nitrogens is 1. The number of nitrogens with zero attached hydrogens (tertiary/aromatic N) is 6. The van der Waals surface area contributed by atoms with Crippen LogP contribution in [0.4, 0.5) is 18.0 Å². The third-order valence-corrected chi connectivity index (χ3v) is 8.78. The van der Waals surface area contributed by atoms with Crippen molar-refractivity contribution in [3.8, 4) is 0 Å². The third kappa shape index (κ3) is 3.33. The van der Waals surface area contributed by atoms with Crippen molar-refractivity contribution in [2.75, 3.05) is 26.2 Å². The maximum atomic E-state index is 12.9. The number of rotatable bonds is 4. The molecule has 5 fully saturated rings. The number of halogens is 3. The molecule has 1 N–H and O–H groups in total. The minimum absolute atomic E-state index is 0.145. The second-order valence-electron chi connectivity index (χ2n) is 11.7. The first-order valence-electron chi connectivity index (χ1n) is 12.3. The Balaban J connectivity index is 0.844. The summed E-state index contributed by atoms with van der Waals surface area (Å²) in [4.78, 5) is 16.8. The number of aromatic nitrogens is 5. The molecule has 0 radical (unpaired) electrons. The predicted molar refractivity (Wildman–Crippen MR) is 114 cm³/mol. The minimum atomic E-state index is -4.46. The summed E-state index contributed by atoms with van der Waals surface area (Å²) in [5.74, 6) is 1.52. The van der Waals surface area contributed by atoms with Gasteiger partial charge in [-0.15, -0.1) is 5.10 Å². The number of likely N-dealkylation sites (tertiary alicyclic amines) is 2. The summed E-state index contributed by atoms with van der Waals surface area (Å²) < 4.78 is 39.3. The zero-order chi connectivity index (χ0) is 23.3. The van der Waals surface area contributed by atoms with E-state index in [1.165, 1.54) is 28.9 Å². The van der Waals surface area contributed by atoms with Gasteiger partial charge in [-0.3, -0.25) is 9.78 Å². The van der Waals surface area contributed by atoms with Gasteiger partial charge in [0.15, 0.2) is 5.69 Å². The Morgan fingerprint density at radius 1 is 1.03 bits per heavy atom. The lowest BCUT2D eigenvalue weighted by molar-refractivity contribution is -0.141. The molecule has 3 aliphatic carbocycles. The number of alkyl halides is 3. The molecule has 0 bridgehead atoms. The zero-order valence-electron chi connectivity index (χ0n) is 18.9. The SMILES string of the molecule is O=C(N1CC2(CC(Cn3cc(C(F)(F)F)nn3)C2)C1)N1CC2(CC(c3cc(C4CC4)n[nH]3)C2)C1. The van der Waals surface area contributed by atoms with Crippen LogP contribution in [-0.2, 0) is 12.7 Å². The van der Waals surface area contributed by atoms with Crippen LogP contribution in [0.15, 0.2) is 12.3 Å². The molecular weight excluding hydrogens is 447 g/mol. The van der Waals surface area contributed by atoms with Gasteiger partial charge in [0.05, 0.1) is 11.9 Å². The molecule has 2 spiro atoms. The lowest BCUT2D eigenvalue weighted by atomic mass is 9.56. The van der Waals surface area contributed by atoms with E-state index >= 15 is 0 Å². The molecule has 2 amide bonds. The highest BCUT2D eigenvalue weighted by Gasteiger charge is 2.58. The summed E-state index contributed by atoms with van der Waals surface area (Å²) in [7, 11) is 0. The number of nitrogens with one attached hydrogen (secondary N) is 1. The Labute approximate surface area is 194 Å². The van der Waals surface area contributed by atoms with Gasteiger partial charge in [-0.05, 0) is 50.5 Å². The van der Waals surface area contributed by atoms with E-state index in [0.29, 0.717) is 29.7 Å². The van der Waals surface area contributed by atoms with Gasteiger partial charge in [0.25, 0.3) is 0 Å². The van der Waals surface area contributed by atoms with Gasteiger partial charge in [-0.2, -0.15) is 18.3 Å². The lowest BCUT2D eigenvalue weighted by Gasteiger charge is -2.63. The van der Waals surface area contributed by atoms with E-state index in [2.05, 4.69) is 26.6 Å². The van der Waals surface area contributed by atoms with Gasteiger partial charge in [0.2, 0.25) is 0 Å². The van der Waals surface area contributed by atoms with E-state index in [1.54, 1.807) is 0 Å². The average molecular weight is 476 g/mol. The zero-order valence-corrected chi connectivity index (χ0v) is 18.9. The van der Waals surface area contributed by atoms with Gasteiger partial charge < -0.3 is 9.80 Å². The maximum Gasteiger partial charge on any atom is 0.436 e. The van der Waals surface area contributed by atoms with E-state index in [-0.39, 0.29) is 11.4 Å². The van der Waals surface area contributed by atoms with Gasteiger partial charge in [-0.25, -0.2) is 4.79 Å². The first-order chi connectivity index (χ1) is 16.2. The second-order valence-corrected chi connectivity index (χ2v) is 11.7. The maximum absolute atomic E-state index is 12.9. The molecule has 7 rings (SSSR count). The highest BCUT2D eigenvalue weighted by molar-refractivity contribution is 5.77. The highest BCUT2D eigenvalue weighted by atomic mass is 19.4. The smallest absolute Gasteiger partial charge is 0.323 e. The van der Waals surface area contributed by atoms with Crippen LogP contribution in [0.25, 0.3) is 0 Å².